The van der Waals surface area contributed by atoms with Gasteiger partial charge in [0.15, 0.2) is 0 Å². The van der Waals surface area contributed by atoms with E-state index in [1.807, 2.05) is 19.9 Å². The molecule has 3 rings (SSSR count). The highest BCUT2D eigenvalue weighted by Crippen LogP contribution is 2.12. The molecular weight excluding hydrogens is 340 g/mol. The molecule has 2 aromatic heterocycles. The Morgan fingerprint density at radius 1 is 1.15 bits per heavy atom. The van der Waals surface area contributed by atoms with Gasteiger partial charge in [-0.2, -0.15) is 5.10 Å². The molecule has 2 heterocycles. The van der Waals surface area contributed by atoms with Crippen molar-refractivity contribution in [1.29, 1.82) is 0 Å². The molecule has 3 aromatic rings. The fraction of sp³-hybridized carbons (Fsp3) is 0.111. The number of hydrogen-bond acceptors (Lipinski definition) is 4. The Kier molecular flexibility index (Phi) is 4.83. The van der Waals surface area contributed by atoms with Crippen molar-refractivity contribution in [3.05, 3.63) is 71.3 Å². The van der Waals surface area contributed by atoms with E-state index in [2.05, 4.69) is 20.4 Å². The third-order valence-corrected chi connectivity index (χ3v) is 3.48. The number of hydrogen-bond donors (Lipinski definition) is 1. The van der Waals surface area contributed by atoms with Crippen LogP contribution in [0.15, 0.2) is 42.7 Å². The van der Waals surface area contributed by atoms with Crippen LogP contribution in [0.1, 0.15) is 17.0 Å². The molecule has 0 atom stereocenters. The van der Waals surface area contributed by atoms with Gasteiger partial charge in [0.1, 0.15) is 11.6 Å². The molecule has 8 heteroatoms. The number of halogens is 2. The number of amides is 1. The van der Waals surface area contributed by atoms with Gasteiger partial charge < -0.3 is 5.32 Å². The number of aryl methyl sites for hydroxylation is 2. The summed E-state index contributed by atoms with van der Waals surface area (Å²) < 4.78 is 28.2. The molecule has 6 nitrogen and oxygen atoms in total. The van der Waals surface area contributed by atoms with Gasteiger partial charge in [-0.25, -0.2) is 23.4 Å². The summed E-state index contributed by atoms with van der Waals surface area (Å²) in [6.07, 6.45) is 5.17. The maximum absolute atomic E-state index is 13.5. The van der Waals surface area contributed by atoms with E-state index in [0.29, 0.717) is 11.6 Å². The van der Waals surface area contributed by atoms with Crippen molar-refractivity contribution >= 4 is 17.7 Å². The van der Waals surface area contributed by atoms with E-state index < -0.39 is 17.5 Å². The lowest BCUT2D eigenvalue weighted by Gasteiger charge is -2.04. The molecule has 1 aromatic carbocycles. The van der Waals surface area contributed by atoms with E-state index in [9.17, 15) is 13.6 Å². The summed E-state index contributed by atoms with van der Waals surface area (Å²) >= 11 is 0. The van der Waals surface area contributed by atoms with Crippen LogP contribution in [0.25, 0.3) is 12.0 Å². The molecule has 26 heavy (non-hydrogen) atoms. The van der Waals surface area contributed by atoms with Crippen LogP contribution < -0.4 is 5.32 Å². The van der Waals surface area contributed by atoms with Crippen molar-refractivity contribution in [2.45, 2.75) is 13.8 Å². The number of benzene rings is 1. The molecule has 1 N–H and O–H groups in total. The summed E-state index contributed by atoms with van der Waals surface area (Å²) in [4.78, 5) is 20.2. The number of carbonyl (C=O) groups is 1. The quantitative estimate of drug-likeness (QED) is 0.730. The number of carbonyl (C=O) groups excluding carboxylic acids is 1. The normalized spacial score (nSPS) is 11.1. The lowest BCUT2D eigenvalue weighted by atomic mass is 10.2. The molecule has 132 valence electrons. The second-order valence-electron chi connectivity index (χ2n) is 5.60. The fourth-order valence-corrected chi connectivity index (χ4v) is 2.32. The van der Waals surface area contributed by atoms with Crippen molar-refractivity contribution in [3.8, 4) is 5.95 Å². The van der Waals surface area contributed by atoms with Crippen LogP contribution in [0.4, 0.5) is 14.5 Å². The summed E-state index contributed by atoms with van der Waals surface area (Å²) in [6, 6.07) is 4.91. The Labute approximate surface area is 148 Å². The Bertz CT molecular complexity index is 980. The largest absolute Gasteiger partial charge is 0.320 e. The van der Waals surface area contributed by atoms with E-state index in [1.165, 1.54) is 18.5 Å². The van der Waals surface area contributed by atoms with E-state index in [0.717, 1.165) is 35.7 Å². The van der Waals surface area contributed by atoms with Gasteiger partial charge in [0.25, 0.3) is 5.95 Å². The maximum atomic E-state index is 13.5. The zero-order valence-electron chi connectivity index (χ0n) is 14.1. The molecule has 0 bridgehead atoms. The molecule has 0 aliphatic heterocycles. The zero-order valence-corrected chi connectivity index (χ0v) is 14.1. The Balaban J connectivity index is 1.69. The van der Waals surface area contributed by atoms with E-state index in [4.69, 9.17) is 0 Å². The molecule has 0 aliphatic rings. The first-order valence-corrected chi connectivity index (χ1v) is 7.72. The zero-order chi connectivity index (χ0) is 18.7. The van der Waals surface area contributed by atoms with Gasteiger partial charge in [0.05, 0.1) is 23.8 Å². The minimum atomic E-state index is -0.618. The van der Waals surface area contributed by atoms with Gasteiger partial charge in [-0.15, -0.1) is 0 Å². The fourth-order valence-electron chi connectivity index (χ4n) is 2.32. The molecule has 0 radical (unpaired) electrons. The van der Waals surface area contributed by atoms with Gasteiger partial charge in [0.2, 0.25) is 5.91 Å². The molecular formula is C18H15F2N5O. The average Bonchev–Trinajstić information content (AvgIpc) is 2.95. The Morgan fingerprint density at radius 3 is 2.54 bits per heavy atom. The number of nitrogens with zero attached hydrogens (tertiary/aromatic N) is 4. The first-order valence-electron chi connectivity index (χ1n) is 7.72. The molecule has 0 saturated heterocycles. The van der Waals surface area contributed by atoms with Crippen LogP contribution in [0.2, 0.25) is 0 Å². The third-order valence-electron chi connectivity index (χ3n) is 3.48. The van der Waals surface area contributed by atoms with Crippen LogP contribution in [-0.2, 0) is 4.79 Å². The van der Waals surface area contributed by atoms with Crippen molar-refractivity contribution < 1.29 is 13.6 Å². The van der Waals surface area contributed by atoms with Crippen LogP contribution in [0, 0.1) is 25.5 Å². The van der Waals surface area contributed by atoms with Gasteiger partial charge in [0, 0.05) is 17.3 Å². The highest BCUT2D eigenvalue weighted by Gasteiger charge is 2.07. The second-order valence-corrected chi connectivity index (χ2v) is 5.60. The third kappa shape index (κ3) is 3.97. The van der Waals surface area contributed by atoms with Gasteiger partial charge in [-0.3, -0.25) is 4.79 Å². The van der Waals surface area contributed by atoms with Crippen molar-refractivity contribution in [1.82, 2.24) is 19.7 Å². The smallest absolute Gasteiger partial charge is 0.250 e. The standard InChI is InChI=1S/C18H15F2N5O/c1-11-7-12(2)25(24-11)18-21-9-15(10-22-18)23-17(26)6-3-13-8-14(19)4-5-16(13)20/h3-10H,1-2H3,(H,23,26)/b6-3+. The number of aromatic nitrogens is 4. The van der Waals surface area contributed by atoms with E-state index >= 15 is 0 Å². The van der Waals surface area contributed by atoms with E-state index in [1.54, 1.807) is 4.68 Å². The van der Waals surface area contributed by atoms with Gasteiger partial charge >= 0.3 is 0 Å². The average molecular weight is 355 g/mol. The highest BCUT2D eigenvalue weighted by atomic mass is 19.1. The molecule has 0 unspecified atom stereocenters. The van der Waals surface area contributed by atoms with Crippen molar-refractivity contribution in [3.63, 3.8) is 0 Å². The molecule has 0 aliphatic carbocycles. The summed E-state index contributed by atoms with van der Waals surface area (Å²) in [7, 11) is 0. The minimum Gasteiger partial charge on any atom is -0.320 e. The Hall–Kier alpha value is -3.42. The van der Waals surface area contributed by atoms with Gasteiger partial charge in [-0.1, -0.05) is 0 Å². The van der Waals surface area contributed by atoms with Crippen LogP contribution in [-0.4, -0.2) is 25.7 Å². The van der Waals surface area contributed by atoms with Gasteiger partial charge in [-0.05, 0) is 44.2 Å². The lowest BCUT2D eigenvalue weighted by molar-refractivity contribution is -0.111. The first-order chi connectivity index (χ1) is 12.4. The SMILES string of the molecule is Cc1cc(C)n(-c2ncc(NC(=O)/C=C/c3cc(F)ccc3F)cn2)n1. The molecule has 1 amide bonds. The highest BCUT2D eigenvalue weighted by molar-refractivity contribution is 6.01. The summed E-state index contributed by atoms with van der Waals surface area (Å²) in [6.45, 7) is 3.75. The lowest BCUT2D eigenvalue weighted by Crippen LogP contribution is -2.10. The molecule has 0 saturated carbocycles. The number of anilines is 1. The predicted octanol–water partition coefficient (Wildman–Crippen LogP) is 3.21. The second kappa shape index (κ2) is 7.22. The predicted molar refractivity (Wildman–Crippen MR) is 92.6 cm³/mol. The minimum absolute atomic E-state index is 0.0173. The molecule has 0 spiro atoms. The monoisotopic (exact) mass is 355 g/mol. The molecule has 0 fully saturated rings. The van der Waals surface area contributed by atoms with Crippen LogP contribution in [0.5, 0.6) is 0 Å². The van der Waals surface area contributed by atoms with Crippen molar-refractivity contribution in [2.75, 3.05) is 5.32 Å². The van der Waals surface area contributed by atoms with E-state index in [-0.39, 0.29) is 5.56 Å². The number of nitrogens with one attached hydrogen (secondary N) is 1. The maximum Gasteiger partial charge on any atom is 0.250 e. The Morgan fingerprint density at radius 2 is 1.88 bits per heavy atom. The summed E-state index contributed by atoms with van der Waals surface area (Å²) in [5, 5.41) is 6.82. The topological polar surface area (TPSA) is 72.7 Å². The van der Waals surface area contributed by atoms with Crippen molar-refractivity contribution in [2.24, 2.45) is 0 Å². The first kappa shape index (κ1) is 17.4. The summed E-state index contributed by atoms with van der Waals surface area (Å²) in [5.74, 6) is -1.34. The summed E-state index contributed by atoms with van der Waals surface area (Å²) in [5.41, 5.74) is 2.08. The van der Waals surface area contributed by atoms with Crippen LogP contribution >= 0.6 is 0 Å². The van der Waals surface area contributed by atoms with Crippen LogP contribution in [0.3, 0.4) is 0 Å². The number of rotatable bonds is 4.